The summed E-state index contributed by atoms with van der Waals surface area (Å²) in [6.45, 7) is 7.82. The first-order chi connectivity index (χ1) is 24.0. The van der Waals surface area contributed by atoms with Gasteiger partial charge >= 0.3 is 307 Å². The van der Waals surface area contributed by atoms with E-state index in [-0.39, 0.29) is 24.8 Å². The van der Waals surface area contributed by atoms with E-state index in [1.54, 1.807) is 22.3 Å². The van der Waals surface area contributed by atoms with Gasteiger partial charge in [0.05, 0.1) is 0 Å². The minimum absolute atomic E-state index is 0. The van der Waals surface area contributed by atoms with Gasteiger partial charge in [-0.25, -0.2) is 0 Å². The summed E-state index contributed by atoms with van der Waals surface area (Å²) < 4.78 is 6.87. The van der Waals surface area contributed by atoms with Gasteiger partial charge in [-0.05, 0) is 0 Å². The third kappa shape index (κ3) is 7.38. The fourth-order valence-electron chi connectivity index (χ4n) is 11.5. The molecule has 4 aromatic carbocycles. The van der Waals surface area contributed by atoms with E-state index in [9.17, 15) is 0 Å². The third-order valence-corrected chi connectivity index (χ3v) is 31.3. The molecule has 2 unspecified atom stereocenters. The van der Waals surface area contributed by atoms with Crippen LogP contribution in [-0.4, -0.2) is 6.88 Å². The van der Waals surface area contributed by atoms with Crippen LogP contribution in [0.1, 0.15) is 120 Å². The second-order valence-corrected chi connectivity index (χ2v) is 49.2. The van der Waals surface area contributed by atoms with Crippen LogP contribution in [0.4, 0.5) is 0 Å². The van der Waals surface area contributed by atoms with Crippen LogP contribution in [0.3, 0.4) is 0 Å². The van der Waals surface area contributed by atoms with Crippen LogP contribution < -0.4 is 0 Å². The molecule has 4 aromatic rings. The Morgan fingerprint density at radius 2 is 0.885 bits per heavy atom. The van der Waals surface area contributed by atoms with Crippen molar-refractivity contribution in [2.24, 2.45) is 10.8 Å². The fraction of sp³-hybridized carbons (Fsp3) is 0.417. The average molecular weight is 827 g/mol. The Labute approximate surface area is 329 Å². The number of fused-ring (bicyclic) bond motifs is 2. The number of allylic oxidation sites excluding steroid dienone is 2. The average Bonchev–Trinajstić information content (AvgIpc) is 3.68. The van der Waals surface area contributed by atoms with E-state index >= 15 is 0 Å². The number of rotatable bonds is 8. The van der Waals surface area contributed by atoms with E-state index in [2.05, 4.69) is 139 Å². The number of hydrogen-bond acceptors (Lipinski definition) is 0. The molecule has 0 N–H and O–H groups in total. The van der Waals surface area contributed by atoms with E-state index in [4.69, 9.17) is 0 Å². The van der Waals surface area contributed by atoms with Gasteiger partial charge < -0.3 is 0 Å². The predicted molar refractivity (Wildman–Crippen MR) is 232 cm³/mol. The van der Waals surface area contributed by atoms with Gasteiger partial charge in [0.25, 0.3) is 0 Å². The van der Waals surface area contributed by atoms with Crippen molar-refractivity contribution in [3.05, 3.63) is 130 Å². The van der Waals surface area contributed by atoms with Crippen molar-refractivity contribution in [1.82, 2.24) is 0 Å². The van der Waals surface area contributed by atoms with E-state index < -0.39 is 17.4 Å². The van der Waals surface area contributed by atoms with Crippen LogP contribution in [0.25, 0.3) is 34.4 Å². The normalized spacial score (nSPS) is 21.9. The Morgan fingerprint density at radius 1 is 0.519 bits per heavy atom. The van der Waals surface area contributed by atoms with Crippen molar-refractivity contribution in [1.29, 1.82) is 0 Å². The number of halogens is 2. The summed E-state index contributed by atoms with van der Waals surface area (Å²) in [7, 11) is 0. The summed E-state index contributed by atoms with van der Waals surface area (Å²) >= 11 is -3.85. The molecular weight excluding hydrogens is 767 g/mol. The Bertz CT molecular complexity index is 1880. The molecule has 0 aromatic heterocycles. The van der Waals surface area contributed by atoms with Crippen LogP contribution in [0.5, 0.6) is 0 Å². The monoisotopic (exact) mass is 824 g/mol. The smallest absolute Gasteiger partial charge is 0.147 e. The SMILES string of the molecule is CC1(CC2=Cc3c(-c4ccccc4)cccc3[CH]2[Zr]([CH3])([CH3])(=[SiH2])[CH]2C(CC3(C)CCCCC3)=Cc3c(-c4ccccc4)cccc32)CCCCC1.Cl.Cl. The molecule has 2 fully saturated rings. The summed E-state index contributed by atoms with van der Waals surface area (Å²) in [6, 6.07) is 37.1. The molecule has 0 bridgehead atoms. The van der Waals surface area contributed by atoms with Crippen molar-refractivity contribution in [2.75, 3.05) is 0 Å². The molecule has 0 nitrogen and oxygen atoms in total. The number of benzene rings is 4. The fourth-order valence-corrected chi connectivity index (χ4v) is 31.2. The van der Waals surface area contributed by atoms with Crippen molar-refractivity contribution in [2.45, 2.75) is 107 Å². The first-order valence-corrected chi connectivity index (χ1v) is 33.6. The van der Waals surface area contributed by atoms with Gasteiger partial charge in [-0.15, -0.1) is 24.8 Å². The molecule has 4 aliphatic rings. The van der Waals surface area contributed by atoms with Crippen LogP contribution in [-0.2, 0) is 17.4 Å². The summed E-state index contributed by atoms with van der Waals surface area (Å²) in [5.41, 5.74) is 16.2. The minimum Gasteiger partial charge on any atom is -0.147 e. The molecule has 0 radical (unpaired) electrons. The third-order valence-electron chi connectivity index (χ3n) is 13.8. The van der Waals surface area contributed by atoms with Gasteiger partial charge in [-0.1, -0.05) is 0 Å². The topological polar surface area (TPSA) is 0 Å². The zero-order chi connectivity index (χ0) is 34.6. The van der Waals surface area contributed by atoms with Gasteiger partial charge in [0.2, 0.25) is 0 Å². The zero-order valence-corrected chi connectivity index (χ0v) is 37.6. The Morgan fingerprint density at radius 3 is 1.25 bits per heavy atom. The van der Waals surface area contributed by atoms with Crippen molar-refractivity contribution in [3.8, 4) is 22.3 Å². The largest absolute Gasteiger partial charge is 0.147 e. The van der Waals surface area contributed by atoms with E-state index in [1.165, 1.54) is 110 Å². The quantitative estimate of drug-likeness (QED) is 0.155. The van der Waals surface area contributed by atoms with Crippen molar-refractivity contribution >= 4 is 43.8 Å². The van der Waals surface area contributed by atoms with Crippen LogP contribution >= 0.6 is 24.8 Å². The molecule has 4 heteroatoms. The first kappa shape index (κ1) is 39.7. The summed E-state index contributed by atoms with van der Waals surface area (Å²) in [5, 5.41) is 0. The van der Waals surface area contributed by atoms with Crippen LogP contribution in [0.15, 0.2) is 108 Å². The van der Waals surface area contributed by atoms with Gasteiger partial charge in [0.1, 0.15) is 0 Å². The molecule has 0 aliphatic heterocycles. The van der Waals surface area contributed by atoms with Crippen molar-refractivity contribution in [3.63, 3.8) is 0 Å². The molecule has 0 amide bonds. The Balaban J connectivity index is 0.00000232. The number of hydrogen-bond donors (Lipinski definition) is 0. The maximum atomic E-state index is 2.89. The molecule has 274 valence electrons. The van der Waals surface area contributed by atoms with Gasteiger partial charge in [-0.3, -0.25) is 0 Å². The first-order valence-electron chi connectivity index (χ1n) is 19.9. The van der Waals surface area contributed by atoms with E-state index in [0.717, 1.165) is 0 Å². The molecular formula is C48H60Cl2SiZr. The van der Waals surface area contributed by atoms with E-state index in [0.29, 0.717) is 18.1 Å². The predicted octanol–water partition coefficient (Wildman–Crippen LogP) is 14.5. The molecule has 4 aliphatic carbocycles. The second-order valence-electron chi connectivity index (χ2n) is 18.7. The van der Waals surface area contributed by atoms with Gasteiger partial charge in [-0.2, -0.15) is 0 Å². The Kier molecular flexibility index (Phi) is 11.7. The maximum Gasteiger partial charge on any atom is -0.147 e. The van der Waals surface area contributed by atoms with Gasteiger partial charge in [0.15, 0.2) is 0 Å². The summed E-state index contributed by atoms with van der Waals surface area (Å²) in [6.07, 6.45) is 21.9. The molecule has 0 heterocycles. The van der Waals surface area contributed by atoms with Crippen molar-refractivity contribution < 1.29 is 17.4 Å². The molecule has 2 saturated carbocycles. The summed E-state index contributed by atoms with van der Waals surface area (Å²) in [5.74, 6) is 0. The van der Waals surface area contributed by atoms with Gasteiger partial charge in [0, 0.05) is 0 Å². The Hall–Kier alpha value is -1.96. The molecule has 2 atom stereocenters. The second kappa shape index (κ2) is 15.3. The van der Waals surface area contributed by atoms with E-state index in [1.807, 2.05) is 0 Å². The van der Waals surface area contributed by atoms with Crippen LogP contribution in [0, 0.1) is 10.8 Å². The molecule has 0 spiro atoms. The molecule has 52 heavy (non-hydrogen) atoms. The zero-order valence-electron chi connectivity index (χ0n) is 32.1. The maximum absolute atomic E-state index is 3.85. The molecule has 0 saturated heterocycles. The minimum atomic E-state index is -3.85. The summed E-state index contributed by atoms with van der Waals surface area (Å²) in [4.78, 5) is 0. The van der Waals surface area contributed by atoms with Crippen LogP contribution in [0.2, 0.25) is 9.26 Å². The standard InChI is InChI=1S/2C23H25.2CH3.2ClH.H2Si.Zr/c2*1-23(13-6-3-7-14-23)17-18-15-20-11-8-12-21(22(20)16-18)19-9-4-2-5-10-19;;;;;;/h2*2,4-5,8-12,15-16H,3,6-7,13-14,17H2,1H3;2*1H3;2*1H;1H2;. The molecule has 8 rings (SSSR count).